The highest BCUT2D eigenvalue weighted by molar-refractivity contribution is 5.69. The second-order valence-corrected chi connectivity index (χ2v) is 8.94. The molecule has 0 saturated carbocycles. The van der Waals surface area contributed by atoms with E-state index < -0.39 is 0 Å². The van der Waals surface area contributed by atoms with Crippen LogP contribution in [0.25, 0.3) is 5.76 Å². The highest BCUT2D eigenvalue weighted by Crippen LogP contribution is 2.33. The minimum atomic E-state index is -0.246. The van der Waals surface area contributed by atoms with Gasteiger partial charge in [0.2, 0.25) is 5.95 Å². The Bertz CT molecular complexity index is 1020. The third-order valence-electron chi connectivity index (χ3n) is 6.70. The SMILES string of the molecule is CCC1CC(N(C)c2nc(Nc3cc(C)[nH]n3)cc(C3=CCCO3)n2)CC(CC)N1C(=O)OC. The van der Waals surface area contributed by atoms with Crippen LogP contribution in [0.1, 0.15) is 57.3 Å². The van der Waals surface area contributed by atoms with Crippen molar-refractivity contribution in [3.8, 4) is 0 Å². The van der Waals surface area contributed by atoms with E-state index >= 15 is 0 Å². The molecule has 2 aromatic rings. The number of nitrogens with one attached hydrogen (secondary N) is 2. The fraction of sp³-hybridized carbons (Fsp3) is 0.583. The molecular weight excluding hydrogens is 434 g/mol. The van der Waals surface area contributed by atoms with E-state index in [-0.39, 0.29) is 24.2 Å². The third kappa shape index (κ3) is 4.95. The first-order chi connectivity index (χ1) is 16.4. The minimum absolute atomic E-state index is 0.104. The highest BCUT2D eigenvalue weighted by atomic mass is 16.5. The quantitative estimate of drug-likeness (QED) is 0.620. The minimum Gasteiger partial charge on any atom is -0.491 e. The van der Waals surface area contributed by atoms with Crippen LogP contribution in [0.5, 0.6) is 0 Å². The van der Waals surface area contributed by atoms with Crippen LogP contribution in [0.15, 0.2) is 18.2 Å². The number of methoxy groups -OCH3 is 1. The maximum absolute atomic E-state index is 12.5. The monoisotopic (exact) mass is 469 g/mol. The number of H-pyrrole nitrogens is 1. The van der Waals surface area contributed by atoms with Crippen molar-refractivity contribution < 1.29 is 14.3 Å². The first-order valence-corrected chi connectivity index (χ1v) is 12.0. The van der Waals surface area contributed by atoms with Crippen molar-refractivity contribution in [3.05, 3.63) is 29.6 Å². The van der Waals surface area contributed by atoms with E-state index in [0.29, 0.717) is 24.2 Å². The third-order valence-corrected chi connectivity index (χ3v) is 6.70. The number of hydrogen-bond acceptors (Lipinski definition) is 8. The molecule has 0 spiro atoms. The number of nitrogens with zero attached hydrogens (tertiary/aromatic N) is 5. The molecule has 1 fully saturated rings. The number of hydrogen-bond donors (Lipinski definition) is 2. The molecule has 0 bridgehead atoms. The number of aryl methyl sites for hydroxylation is 1. The zero-order valence-corrected chi connectivity index (χ0v) is 20.7. The maximum atomic E-state index is 12.5. The summed E-state index contributed by atoms with van der Waals surface area (Å²) in [5, 5.41) is 10.5. The number of carbonyl (C=O) groups excluding carboxylic acids is 1. The van der Waals surface area contributed by atoms with Crippen molar-refractivity contribution >= 4 is 29.4 Å². The average molecular weight is 470 g/mol. The van der Waals surface area contributed by atoms with E-state index in [1.807, 2.05) is 31.0 Å². The Hall–Kier alpha value is -3.30. The summed E-state index contributed by atoms with van der Waals surface area (Å²) in [6.45, 7) is 6.85. The first-order valence-electron chi connectivity index (χ1n) is 12.0. The van der Waals surface area contributed by atoms with Crippen LogP contribution in [0.3, 0.4) is 0 Å². The standard InChI is InChI=1S/C24H35N7O3/c1-6-16-12-18(13-17(7-2)31(16)24(32)33-5)30(4)23-25-19(20-9-8-10-34-20)14-21(27-23)26-22-11-15(3)28-29-22/h9,11,14,16-18H,6-8,10,12-13H2,1-5H3,(H2,25,26,27,28,29). The number of anilines is 3. The van der Waals surface area contributed by atoms with E-state index in [1.54, 1.807) is 0 Å². The Kier molecular flexibility index (Phi) is 7.23. The molecule has 10 heteroatoms. The molecule has 2 aliphatic heterocycles. The van der Waals surface area contributed by atoms with Gasteiger partial charge >= 0.3 is 6.09 Å². The summed E-state index contributed by atoms with van der Waals surface area (Å²) in [5.74, 6) is 2.74. The van der Waals surface area contributed by atoms with Gasteiger partial charge in [-0.2, -0.15) is 10.1 Å². The van der Waals surface area contributed by atoms with Gasteiger partial charge in [-0.15, -0.1) is 0 Å². The van der Waals surface area contributed by atoms with Crippen molar-refractivity contribution in [1.29, 1.82) is 0 Å². The average Bonchev–Trinajstić information content (AvgIpc) is 3.54. The van der Waals surface area contributed by atoms with E-state index in [9.17, 15) is 4.79 Å². The lowest BCUT2D eigenvalue weighted by Crippen LogP contribution is -2.56. The zero-order chi connectivity index (χ0) is 24.2. The summed E-state index contributed by atoms with van der Waals surface area (Å²) in [6.07, 6.45) is 6.06. The Morgan fingerprint density at radius 3 is 2.53 bits per heavy atom. The second-order valence-electron chi connectivity index (χ2n) is 8.94. The summed E-state index contributed by atoms with van der Waals surface area (Å²) < 4.78 is 10.9. The van der Waals surface area contributed by atoms with Crippen LogP contribution in [-0.4, -0.2) is 70.0 Å². The number of carbonyl (C=O) groups is 1. The molecule has 1 saturated heterocycles. The van der Waals surface area contributed by atoms with Crippen molar-refractivity contribution in [2.45, 2.75) is 71.0 Å². The van der Waals surface area contributed by atoms with E-state index in [1.165, 1.54) is 7.11 Å². The molecule has 184 valence electrons. The molecule has 0 aromatic carbocycles. The van der Waals surface area contributed by atoms with Crippen LogP contribution < -0.4 is 10.2 Å². The largest absolute Gasteiger partial charge is 0.491 e. The number of likely N-dealkylation sites (tertiary alicyclic amines) is 1. The topological polar surface area (TPSA) is 109 Å². The van der Waals surface area contributed by atoms with Crippen molar-refractivity contribution in [2.24, 2.45) is 0 Å². The smallest absolute Gasteiger partial charge is 0.409 e. The highest BCUT2D eigenvalue weighted by Gasteiger charge is 2.39. The van der Waals surface area contributed by atoms with Gasteiger partial charge in [-0.05, 0) is 38.7 Å². The second kappa shape index (κ2) is 10.3. The summed E-state index contributed by atoms with van der Waals surface area (Å²) in [4.78, 5) is 26.2. The Morgan fingerprint density at radius 2 is 1.97 bits per heavy atom. The van der Waals surface area contributed by atoms with Gasteiger partial charge in [-0.25, -0.2) is 9.78 Å². The van der Waals surface area contributed by atoms with Gasteiger partial charge in [-0.1, -0.05) is 13.8 Å². The summed E-state index contributed by atoms with van der Waals surface area (Å²) in [5.41, 5.74) is 1.71. The maximum Gasteiger partial charge on any atom is 0.409 e. The summed E-state index contributed by atoms with van der Waals surface area (Å²) in [7, 11) is 3.48. The fourth-order valence-electron chi connectivity index (χ4n) is 4.85. The summed E-state index contributed by atoms with van der Waals surface area (Å²) >= 11 is 0. The number of aromatic nitrogens is 4. The Morgan fingerprint density at radius 1 is 1.24 bits per heavy atom. The van der Waals surface area contributed by atoms with Crippen LogP contribution in [0.4, 0.5) is 22.4 Å². The molecule has 2 unspecified atom stereocenters. The lowest BCUT2D eigenvalue weighted by Gasteiger charge is -2.46. The van der Waals surface area contributed by atoms with Crippen molar-refractivity contribution in [2.75, 3.05) is 31.0 Å². The molecule has 34 heavy (non-hydrogen) atoms. The molecule has 2 N–H and O–H groups in total. The number of aromatic amines is 1. The van der Waals surface area contributed by atoms with E-state index in [2.05, 4.69) is 40.3 Å². The number of piperidine rings is 1. The number of ether oxygens (including phenoxy) is 2. The van der Waals surface area contributed by atoms with Gasteiger partial charge in [0.15, 0.2) is 5.82 Å². The number of amides is 1. The van der Waals surface area contributed by atoms with E-state index in [4.69, 9.17) is 19.4 Å². The molecule has 4 heterocycles. The molecule has 1 amide bonds. The van der Waals surface area contributed by atoms with Crippen LogP contribution in [-0.2, 0) is 9.47 Å². The Balaban J connectivity index is 1.63. The predicted octanol–water partition coefficient (Wildman–Crippen LogP) is 4.24. The lowest BCUT2D eigenvalue weighted by molar-refractivity contribution is 0.0491. The molecule has 2 aliphatic rings. The molecule has 0 aliphatic carbocycles. The van der Waals surface area contributed by atoms with Gasteiger partial charge in [0.1, 0.15) is 17.3 Å². The van der Waals surface area contributed by atoms with Gasteiger partial charge in [0.25, 0.3) is 0 Å². The molecule has 4 rings (SSSR count). The first kappa shape index (κ1) is 23.8. The molecule has 2 atom stereocenters. The van der Waals surface area contributed by atoms with Gasteiger partial charge in [0.05, 0.1) is 13.7 Å². The van der Waals surface area contributed by atoms with Crippen LogP contribution in [0, 0.1) is 6.92 Å². The van der Waals surface area contributed by atoms with Gasteiger partial charge < -0.3 is 24.6 Å². The van der Waals surface area contributed by atoms with E-state index in [0.717, 1.165) is 49.3 Å². The summed E-state index contributed by atoms with van der Waals surface area (Å²) in [6, 6.07) is 4.21. The van der Waals surface area contributed by atoms with Crippen LogP contribution >= 0.6 is 0 Å². The van der Waals surface area contributed by atoms with Crippen LogP contribution in [0.2, 0.25) is 0 Å². The number of rotatable bonds is 7. The van der Waals surface area contributed by atoms with Gasteiger partial charge in [-0.3, -0.25) is 5.10 Å². The predicted molar refractivity (Wildman–Crippen MR) is 131 cm³/mol. The molecule has 10 nitrogen and oxygen atoms in total. The van der Waals surface area contributed by atoms with Gasteiger partial charge in [0, 0.05) is 49.4 Å². The van der Waals surface area contributed by atoms with Crippen molar-refractivity contribution in [3.63, 3.8) is 0 Å². The molecule has 2 aromatic heterocycles. The molecular formula is C24H35N7O3. The lowest BCUT2D eigenvalue weighted by atomic mass is 9.88. The Labute approximate surface area is 200 Å². The normalized spacial score (nSPS) is 22.2. The van der Waals surface area contributed by atoms with Crippen molar-refractivity contribution in [1.82, 2.24) is 25.1 Å². The molecule has 0 radical (unpaired) electrons. The zero-order valence-electron chi connectivity index (χ0n) is 20.7. The fourth-order valence-corrected chi connectivity index (χ4v) is 4.85.